The van der Waals surface area contributed by atoms with Gasteiger partial charge in [0.15, 0.2) is 0 Å². The minimum Gasteiger partial charge on any atom is -0.379 e. The molecular formula is C18H21N3O5S. The highest BCUT2D eigenvalue weighted by atomic mass is 32.2. The van der Waals surface area contributed by atoms with Crippen LogP contribution in [0.3, 0.4) is 0 Å². The van der Waals surface area contributed by atoms with E-state index in [4.69, 9.17) is 4.74 Å². The van der Waals surface area contributed by atoms with Crippen LogP contribution in [-0.2, 0) is 27.1 Å². The van der Waals surface area contributed by atoms with Gasteiger partial charge in [-0.3, -0.25) is 9.59 Å². The van der Waals surface area contributed by atoms with E-state index in [1.165, 1.54) is 22.6 Å². The van der Waals surface area contributed by atoms with Crippen LogP contribution >= 0.6 is 0 Å². The number of nitrogens with zero attached hydrogens (tertiary/aromatic N) is 1. The van der Waals surface area contributed by atoms with Crippen molar-refractivity contribution < 1.29 is 17.9 Å². The third-order valence-electron chi connectivity index (χ3n) is 4.31. The summed E-state index contributed by atoms with van der Waals surface area (Å²) in [7, 11) is -3.45. The molecule has 1 aromatic carbocycles. The maximum atomic E-state index is 12.6. The van der Waals surface area contributed by atoms with Gasteiger partial charge in [-0.2, -0.15) is 4.31 Å². The first-order chi connectivity index (χ1) is 13.0. The Morgan fingerprint density at radius 1 is 1.11 bits per heavy atom. The first-order valence-electron chi connectivity index (χ1n) is 8.55. The van der Waals surface area contributed by atoms with Gasteiger partial charge in [-0.05, 0) is 17.2 Å². The second-order valence-electron chi connectivity index (χ2n) is 6.16. The summed E-state index contributed by atoms with van der Waals surface area (Å²) in [6, 6.07) is 9.82. The number of H-pyrrole nitrogens is 1. The molecule has 1 aromatic heterocycles. The van der Waals surface area contributed by atoms with Gasteiger partial charge in [0.2, 0.25) is 15.6 Å². The number of amides is 1. The number of sulfonamides is 1. The number of carbonyl (C=O) groups excluding carboxylic acids is 1. The molecule has 1 saturated heterocycles. The summed E-state index contributed by atoms with van der Waals surface area (Å²) < 4.78 is 31.9. The van der Waals surface area contributed by atoms with Crippen LogP contribution in [0.4, 0.5) is 0 Å². The lowest BCUT2D eigenvalue weighted by Crippen LogP contribution is -2.41. The van der Waals surface area contributed by atoms with E-state index in [2.05, 4.69) is 10.3 Å². The predicted molar refractivity (Wildman–Crippen MR) is 99.7 cm³/mol. The second kappa shape index (κ2) is 8.47. The minimum atomic E-state index is -3.45. The van der Waals surface area contributed by atoms with Gasteiger partial charge in [0.25, 0.3) is 5.91 Å². The van der Waals surface area contributed by atoms with Crippen LogP contribution in [0.25, 0.3) is 0 Å². The molecule has 0 aliphatic carbocycles. The average Bonchev–Trinajstić information content (AvgIpc) is 2.68. The molecule has 9 heteroatoms. The van der Waals surface area contributed by atoms with Crippen molar-refractivity contribution in [2.24, 2.45) is 0 Å². The number of ether oxygens (including phenoxy) is 1. The third kappa shape index (κ3) is 5.03. The van der Waals surface area contributed by atoms with E-state index in [1.807, 2.05) is 0 Å². The quantitative estimate of drug-likeness (QED) is 0.744. The summed E-state index contributed by atoms with van der Waals surface area (Å²) in [5, 5.41) is 2.75. The van der Waals surface area contributed by atoms with Gasteiger partial charge in [0.1, 0.15) is 0 Å². The molecule has 0 saturated carbocycles. The highest BCUT2D eigenvalue weighted by molar-refractivity contribution is 7.88. The van der Waals surface area contributed by atoms with Crippen LogP contribution in [-0.4, -0.2) is 49.9 Å². The van der Waals surface area contributed by atoms with Gasteiger partial charge in [-0.1, -0.05) is 24.3 Å². The zero-order valence-corrected chi connectivity index (χ0v) is 15.5. The van der Waals surface area contributed by atoms with Gasteiger partial charge in [0.05, 0.1) is 24.5 Å². The Bertz CT molecular complexity index is 944. The van der Waals surface area contributed by atoms with Crippen molar-refractivity contribution in [1.29, 1.82) is 0 Å². The molecule has 2 heterocycles. The number of morpholine rings is 1. The monoisotopic (exact) mass is 391 g/mol. The number of carbonyl (C=O) groups is 1. The first-order valence-corrected chi connectivity index (χ1v) is 10.2. The number of hydrogen-bond acceptors (Lipinski definition) is 5. The molecule has 1 amide bonds. The Morgan fingerprint density at radius 3 is 2.48 bits per heavy atom. The molecule has 2 N–H and O–H groups in total. The zero-order valence-electron chi connectivity index (χ0n) is 14.7. The number of aromatic amines is 1. The molecular weight excluding hydrogens is 370 g/mol. The molecule has 1 aliphatic heterocycles. The highest BCUT2D eigenvalue weighted by Crippen LogP contribution is 2.16. The smallest absolute Gasteiger partial charge is 0.253 e. The average molecular weight is 391 g/mol. The van der Waals surface area contributed by atoms with Gasteiger partial charge >= 0.3 is 0 Å². The molecule has 1 fully saturated rings. The fourth-order valence-electron chi connectivity index (χ4n) is 2.81. The summed E-state index contributed by atoms with van der Waals surface area (Å²) in [6.45, 7) is 1.69. The maximum Gasteiger partial charge on any atom is 0.253 e. The number of rotatable bonds is 6. The van der Waals surface area contributed by atoms with Crippen LogP contribution in [0.1, 0.15) is 21.5 Å². The minimum absolute atomic E-state index is 0.127. The molecule has 0 bridgehead atoms. The lowest BCUT2D eigenvalue weighted by molar-refractivity contribution is 0.0729. The van der Waals surface area contributed by atoms with Crippen LogP contribution in [0, 0.1) is 0 Å². The van der Waals surface area contributed by atoms with E-state index in [9.17, 15) is 18.0 Å². The van der Waals surface area contributed by atoms with Gasteiger partial charge in [-0.25, -0.2) is 8.42 Å². The molecule has 0 radical (unpaired) electrons. The SMILES string of the molecule is O=C(NCc1ccccc1CS(=O)(=O)N1CCOCC1)c1ccc(=O)[nH]c1. The number of pyridine rings is 1. The van der Waals surface area contributed by atoms with E-state index in [-0.39, 0.29) is 23.8 Å². The van der Waals surface area contributed by atoms with Gasteiger partial charge < -0.3 is 15.0 Å². The molecule has 0 atom stereocenters. The molecule has 27 heavy (non-hydrogen) atoms. The highest BCUT2D eigenvalue weighted by Gasteiger charge is 2.25. The fraction of sp³-hybridized carbons (Fsp3) is 0.333. The molecule has 0 unspecified atom stereocenters. The van der Waals surface area contributed by atoms with Crippen molar-refractivity contribution in [1.82, 2.24) is 14.6 Å². The van der Waals surface area contributed by atoms with Crippen molar-refractivity contribution in [2.45, 2.75) is 12.3 Å². The molecule has 0 spiro atoms. The molecule has 144 valence electrons. The van der Waals surface area contributed by atoms with E-state index >= 15 is 0 Å². The number of benzene rings is 1. The van der Waals surface area contributed by atoms with E-state index in [0.29, 0.717) is 37.4 Å². The third-order valence-corrected chi connectivity index (χ3v) is 6.13. The Kier molecular flexibility index (Phi) is 6.04. The number of nitrogens with one attached hydrogen (secondary N) is 2. The number of aromatic nitrogens is 1. The topological polar surface area (TPSA) is 109 Å². The van der Waals surface area contributed by atoms with Gasteiger partial charge in [0, 0.05) is 31.9 Å². The van der Waals surface area contributed by atoms with Crippen molar-refractivity contribution in [3.05, 3.63) is 69.6 Å². The lowest BCUT2D eigenvalue weighted by atomic mass is 10.1. The van der Waals surface area contributed by atoms with Crippen molar-refractivity contribution >= 4 is 15.9 Å². The Labute approximate surface area is 157 Å². The van der Waals surface area contributed by atoms with Crippen molar-refractivity contribution in [3.63, 3.8) is 0 Å². The maximum absolute atomic E-state index is 12.6. The summed E-state index contributed by atoms with van der Waals surface area (Å²) >= 11 is 0. The van der Waals surface area contributed by atoms with Crippen LogP contribution in [0.2, 0.25) is 0 Å². The predicted octanol–water partition coefficient (Wildman–Crippen LogP) is 0.467. The van der Waals surface area contributed by atoms with Gasteiger partial charge in [-0.15, -0.1) is 0 Å². The molecule has 2 aromatic rings. The molecule has 8 nitrogen and oxygen atoms in total. The Morgan fingerprint density at radius 2 is 1.81 bits per heavy atom. The van der Waals surface area contributed by atoms with E-state index in [0.717, 1.165) is 5.56 Å². The summed E-state index contributed by atoms with van der Waals surface area (Å²) in [5.74, 6) is -0.477. The Balaban J connectivity index is 1.69. The van der Waals surface area contributed by atoms with E-state index < -0.39 is 10.0 Å². The summed E-state index contributed by atoms with van der Waals surface area (Å²) in [4.78, 5) is 25.7. The standard InChI is InChI=1S/C18H21N3O5S/c22-17-6-5-15(12-19-17)18(23)20-11-14-3-1-2-4-16(14)13-27(24,25)21-7-9-26-10-8-21/h1-6,12H,7-11,13H2,(H,19,22)(H,20,23). The Hall–Kier alpha value is -2.49. The largest absolute Gasteiger partial charge is 0.379 e. The van der Waals surface area contributed by atoms with Crippen LogP contribution < -0.4 is 10.9 Å². The molecule has 3 rings (SSSR count). The van der Waals surface area contributed by atoms with Crippen molar-refractivity contribution in [2.75, 3.05) is 26.3 Å². The normalized spacial score (nSPS) is 15.4. The van der Waals surface area contributed by atoms with Crippen LogP contribution in [0.5, 0.6) is 0 Å². The molecule has 1 aliphatic rings. The first kappa shape index (κ1) is 19.3. The summed E-state index contributed by atoms with van der Waals surface area (Å²) in [6.07, 6.45) is 1.34. The zero-order chi connectivity index (χ0) is 19.3. The summed E-state index contributed by atoms with van der Waals surface area (Å²) in [5.41, 5.74) is 1.41. The lowest BCUT2D eigenvalue weighted by Gasteiger charge is -2.26. The number of hydrogen-bond donors (Lipinski definition) is 2. The second-order valence-corrected chi connectivity index (χ2v) is 8.13. The fourth-order valence-corrected chi connectivity index (χ4v) is 4.38. The van der Waals surface area contributed by atoms with Crippen LogP contribution in [0.15, 0.2) is 47.4 Å². The van der Waals surface area contributed by atoms with E-state index in [1.54, 1.807) is 24.3 Å². The van der Waals surface area contributed by atoms with Crippen molar-refractivity contribution in [3.8, 4) is 0 Å².